The molecule has 9 heteroatoms. The maximum atomic E-state index is 12.7. The smallest absolute Gasteiger partial charge is 0.260 e. The van der Waals surface area contributed by atoms with Crippen LogP contribution >= 0.6 is 0 Å². The number of imidazole rings is 1. The summed E-state index contributed by atoms with van der Waals surface area (Å²) in [7, 11) is -2.13. The minimum Gasteiger partial charge on any atom is -0.495 e. The van der Waals surface area contributed by atoms with Gasteiger partial charge in [-0.1, -0.05) is 6.07 Å². The molecular formula is C17H22N4O4S. The molecule has 2 N–H and O–H groups in total. The highest BCUT2D eigenvalue weighted by atomic mass is 32.2. The van der Waals surface area contributed by atoms with Crippen molar-refractivity contribution in [2.75, 3.05) is 25.5 Å². The lowest BCUT2D eigenvalue weighted by atomic mass is 9.98. The van der Waals surface area contributed by atoms with Gasteiger partial charge in [0.1, 0.15) is 5.75 Å². The second-order valence-corrected chi connectivity index (χ2v) is 8.22. The molecule has 2 aromatic rings. The van der Waals surface area contributed by atoms with E-state index in [1.165, 1.54) is 16.8 Å². The zero-order chi connectivity index (χ0) is 18.7. The maximum Gasteiger partial charge on any atom is 0.260 e. The number of methoxy groups -OCH3 is 1. The van der Waals surface area contributed by atoms with Gasteiger partial charge in [0.15, 0.2) is 5.03 Å². The number of aromatic amines is 1. The van der Waals surface area contributed by atoms with Crippen LogP contribution in [0.15, 0.2) is 35.7 Å². The van der Waals surface area contributed by atoms with Crippen LogP contribution < -0.4 is 10.1 Å². The minimum atomic E-state index is -3.67. The second kappa shape index (κ2) is 7.46. The topological polar surface area (TPSA) is 104 Å². The molecule has 1 aliphatic heterocycles. The predicted molar refractivity (Wildman–Crippen MR) is 96.4 cm³/mol. The number of amides is 1. The summed E-state index contributed by atoms with van der Waals surface area (Å²) in [5, 5.41) is 2.91. The van der Waals surface area contributed by atoms with Gasteiger partial charge in [0.25, 0.3) is 10.0 Å². The van der Waals surface area contributed by atoms with Crippen molar-refractivity contribution in [2.24, 2.45) is 5.92 Å². The lowest BCUT2D eigenvalue weighted by Crippen LogP contribution is -2.43. The highest BCUT2D eigenvalue weighted by Crippen LogP contribution is 2.28. The van der Waals surface area contributed by atoms with E-state index in [2.05, 4.69) is 15.3 Å². The fourth-order valence-corrected chi connectivity index (χ4v) is 4.47. The number of aromatic nitrogens is 2. The number of carbonyl (C=O) groups excluding carboxylic acids is 1. The van der Waals surface area contributed by atoms with Crippen LogP contribution in [0.1, 0.15) is 18.4 Å². The molecule has 0 spiro atoms. The van der Waals surface area contributed by atoms with E-state index >= 15 is 0 Å². The quantitative estimate of drug-likeness (QED) is 0.825. The third kappa shape index (κ3) is 3.73. The standard InChI is InChI=1S/C17H22N4O4S/c1-12-5-6-15(25-2)14(8-12)20-17(22)13-4-3-7-21(10-13)26(23,24)16-9-18-11-19-16/h5-6,8-9,11,13H,3-4,7,10H2,1-2H3,(H,18,19)(H,20,22)/t13-/m1/s1. The molecule has 1 aromatic carbocycles. The number of carbonyl (C=O) groups is 1. The zero-order valence-electron chi connectivity index (χ0n) is 14.7. The van der Waals surface area contributed by atoms with Crippen LogP contribution in [-0.2, 0) is 14.8 Å². The van der Waals surface area contributed by atoms with Crippen molar-refractivity contribution in [2.45, 2.75) is 24.8 Å². The number of hydrogen-bond acceptors (Lipinski definition) is 5. The number of anilines is 1. The third-order valence-corrected chi connectivity index (χ3v) is 6.25. The monoisotopic (exact) mass is 378 g/mol. The molecule has 1 saturated heterocycles. The lowest BCUT2D eigenvalue weighted by molar-refractivity contribution is -0.120. The fourth-order valence-electron chi connectivity index (χ4n) is 3.05. The average molecular weight is 378 g/mol. The summed E-state index contributed by atoms with van der Waals surface area (Å²) in [6, 6.07) is 5.52. The number of hydrogen-bond donors (Lipinski definition) is 2. The summed E-state index contributed by atoms with van der Waals surface area (Å²) in [6.45, 7) is 2.45. The number of nitrogens with zero attached hydrogens (tertiary/aromatic N) is 2. The second-order valence-electron chi connectivity index (χ2n) is 6.31. The summed E-state index contributed by atoms with van der Waals surface area (Å²) in [4.78, 5) is 19.1. The first-order chi connectivity index (χ1) is 12.4. The predicted octanol–water partition coefficient (Wildman–Crippen LogP) is 1.77. The van der Waals surface area contributed by atoms with E-state index in [1.807, 2.05) is 19.1 Å². The molecule has 3 rings (SSSR count). The van der Waals surface area contributed by atoms with E-state index in [0.717, 1.165) is 5.56 Å². The third-order valence-electron chi connectivity index (χ3n) is 4.46. The molecule has 1 fully saturated rings. The molecule has 140 valence electrons. The number of benzene rings is 1. The number of aryl methyl sites for hydroxylation is 1. The first-order valence-corrected chi connectivity index (χ1v) is 9.80. The summed E-state index contributed by atoms with van der Waals surface area (Å²) >= 11 is 0. The Morgan fingerprint density at radius 1 is 1.42 bits per heavy atom. The number of ether oxygens (including phenoxy) is 1. The molecule has 8 nitrogen and oxygen atoms in total. The number of rotatable bonds is 5. The average Bonchev–Trinajstić information content (AvgIpc) is 3.17. The molecule has 1 aromatic heterocycles. The van der Waals surface area contributed by atoms with Gasteiger partial charge in [-0.05, 0) is 37.5 Å². The van der Waals surface area contributed by atoms with Gasteiger partial charge in [-0.2, -0.15) is 4.31 Å². The van der Waals surface area contributed by atoms with Crippen LogP contribution in [0.2, 0.25) is 0 Å². The number of sulfonamides is 1. The molecule has 1 atom stereocenters. The molecule has 0 saturated carbocycles. The highest BCUT2D eigenvalue weighted by Gasteiger charge is 2.34. The minimum absolute atomic E-state index is 0.0407. The Balaban J connectivity index is 1.74. The Kier molecular flexibility index (Phi) is 5.28. The largest absolute Gasteiger partial charge is 0.495 e. The Morgan fingerprint density at radius 3 is 2.92 bits per heavy atom. The molecule has 1 amide bonds. The van der Waals surface area contributed by atoms with E-state index < -0.39 is 15.9 Å². The summed E-state index contributed by atoms with van der Waals surface area (Å²) in [5.74, 6) is -0.0632. The fraction of sp³-hybridized carbons (Fsp3) is 0.412. The van der Waals surface area contributed by atoms with Crippen molar-refractivity contribution < 1.29 is 17.9 Å². The number of nitrogens with one attached hydrogen (secondary N) is 2. The van der Waals surface area contributed by atoms with Crippen LogP contribution in [0, 0.1) is 12.8 Å². The van der Waals surface area contributed by atoms with E-state index in [-0.39, 0.29) is 17.5 Å². The zero-order valence-corrected chi connectivity index (χ0v) is 15.5. The van der Waals surface area contributed by atoms with Crippen LogP contribution in [0.4, 0.5) is 5.69 Å². The van der Waals surface area contributed by atoms with Gasteiger partial charge in [-0.25, -0.2) is 13.4 Å². The molecule has 0 radical (unpaired) electrons. The van der Waals surface area contributed by atoms with Gasteiger partial charge < -0.3 is 15.0 Å². The van der Waals surface area contributed by atoms with Crippen LogP contribution in [0.3, 0.4) is 0 Å². The summed E-state index contributed by atoms with van der Waals surface area (Å²) in [5.41, 5.74) is 1.58. The first kappa shape index (κ1) is 18.4. The normalized spacial score (nSPS) is 18.5. The SMILES string of the molecule is COc1ccc(C)cc1NC(=O)[C@@H]1CCCN(S(=O)(=O)c2cnc[nH]2)C1. The maximum absolute atomic E-state index is 12.7. The van der Waals surface area contributed by atoms with E-state index in [9.17, 15) is 13.2 Å². The van der Waals surface area contributed by atoms with Crippen molar-refractivity contribution in [1.29, 1.82) is 0 Å². The molecule has 0 bridgehead atoms. The molecule has 2 heterocycles. The van der Waals surface area contributed by atoms with Crippen molar-refractivity contribution in [3.8, 4) is 5.75 Å². The molecule has 0 aliphatic carbocycles. The van der Waals surface area contributed by atoms with Gasteiger partial charge in [0, 0.05) is 13.1 Å². The van der Waals surface area contributed by atoms with Crippen LogP contribution in [0.25, 0.3) is 0 Å². The lowest BCUT2D eigenvalue weighted by Gasteiger charge is -2.30. The van der Waals surface area contributed by atoms with Crippen LogP contribution in [0.5, 0.6) is 5.75 Å². The van der Waals surface area contributed by atoms with Crippen LogP contribution in [-0.4, -0.2) is 48.8 Å². The van der Waals surface area contributed by atoms with E-state index in [0.29, 0.717) is 30.8 Å². The van der Waals surface area contributed by atoms with Gasteiger partial charge >= 0.3 is 0 Å². The number of piperidine rings is 1. The number of H-pyrrole nitrogens is 1. The molecular weight excluding hydrogens is 356 g/mol. The van der Waals surface area contributed by atoms with Crippen molar-refractivity contribution in [3.63, 3.8) is 0 Å². The van der Waals surface area contributed by atoms with Gasteiger partial charge in [-0.15, -0.1) is 0 Å². The highest BCUT2D eigenvalue weighted by molar-refractivity contribution is 7.89. The molecule has 1 aliphatic rings. The van der Waals surface area contributed by atoms with Gasteiger partial charge in [0.2, 0.25) is 5.91 Å². The Morgan fingerprint density at radius 2 is 2.23 bits per heavy atom. The molecule has 26 heavy (non-hydrogen) atoms. The van der Waals surface area contributed by atoms with Gasteiger partial charge in [-0.3, -0.25) is 4.79 Å². The van der Waals surface area contributed by atoms with Crippen molar-refractivity contribution in [3.05, 3.63) is 36.3 Å². The van der Waals surface area contributed by atoms with E-state index in [4.69, 9.17) is 4.74 Å². The first-order valence-electron chi connectivity index (χ1n) is 8.36. The van der Waals surface area contributed by atoms with Gasteiger partial charge in [0.05, 0.1) is 31.2 Å². The van der Waals surface area contributed by atoms with E-state index in [1.54, 1.807) is 13.2 Å². The Labute approximate surface area is 152 Å². The summed E-state index contributed by atoms with van der Waals surface area (Å²) < 4.78 is 31.9. The molecule has 0 unspecified atom stereocenters. The van der Waals surface area contributed by atoms with Crippen molar-refractivity contribution >= 4 is 21.6 Å². The Hall–Kier alpha value is -2.39. The summed E-state index contributed by atoms with van der Waals surface area (Å²) in [6.07, 6.45) is 3.85. The Bertz CT molecular complexity index is 880. The van der Waals surface area contributed by atoms with Crippen molar-refractivity contribution in [1.82, 2.24) is 14.3 Å².